The molecule has 41 heavy (non-hydrogen) atoms. The maximum absolute atomic E-state index is 12.7. The van der Waals surface area contributed by atoms with E-state index in [-0.39, 0.29) is 17.6 Å². The fourth-order valence-corrected chi connectivity index (χ4v) is 5.81. The number of hydrogen-bond donors (Lipinski definition) is 0. The van der Waals surface area contributed by atoms with Gasteiger partial charge in [0.25, 0.3) is 0 Å². The number of nitrogens with zero attached hydrogens (tertiary/aromatic N) is 7. The number of Topliss-reactive ketones (excluding diaryl/α,β-unsaturated/α-hetero) is 1. The zero-order chi connectivity index (χ0) is 28.6. The lowest BCUT2D eigenvalue weighted by atomic mass is 9.93. The van der Waals surface area contributed by atoms with Crippen LogP contribution >= 0.6 is 11.3 Å². The molecule has 1 aliphatic rings. The van der Waals surface area contributed by atoms with E-state index in [2.05, 4.69) is 40.7 Å². The van der Waals surface area contributed by atoms with Gasteiger partial charge in [0.15, 0.2) is 4.96 Å². The topological polar surface area (TPSA) is 102 Å². The fraction of sp³-hybridized carbons (Fsp3) is 0.433. The van der Waals surface area contributed by atoms with E-state index in [0.29, 0.717) is 12.1 Å². The molecule has 4 aromatic heterocycles. The molecule has 1 aliphatic heterocycles. The molecule has 0 spiro atoms. The molecule has 0 amide bonds. The Kier molecular flexibility index (Phi) is 7.58. The summed E-state index contributed by atoms with van der Waals surface area (Å²) in [4.78, 5) is 33.3. The highest BCUT2D eigenvalue weighted by Gasteiger charge is 2.21. The minimum absolute atomic E-state index is 0.103. The van der Waals surface area contributed by atoms with Crippen LogP contribution in [0.5, 0.6) is 0 Å². The number of benzene rings is 1. The van der Waals surface area contributed by atoms with Crippen molar-refractivity contribution in [1.29, 1.82) is 0 Å². The average molecular weight is 574 g/mol. The van der Waals surface area contributed by atoms with Crippen molar-refractivity contribution in [3.05, 3.63) is 59.7 Å². The molecule has 0 atom stereocenters. The molecule has 10 nitrogen and oxygen atoms in total. The van der Waals surface area contributed by atoms with E-state index < -0.39 is 0 Å². The smallest absolute Gasteiger partial charge is 0.226 e. The Morgan fingerprint density at radius 2 is 1.88 bits per heavy atom. The van der Waals surface area contributed by atoms with Crippen LogP contribution in [0, 0.1) is 0 Å². The largest absolute Gasteiger partial charge is 0.379 e. The van der Waals surface area contributed by atoms with Gasteiger partial charge in [0.2, 0.25) is 5.95 Å². The quantitative estimate of drug-likeness (QED) is 0.254. The predicted molar refractivity (Wildman–Crippen MR) is 160 cm³/mol. The third kappa shape index (κ3) is 6.17. The number of morpholine rings is 1. The first-order valence-electron chi connectivity index (χ1n) is 14.0. The Morgan fingerprint density at radius 1 is 1.10 bits per heavy atom. The molecular formula is C30H35N7O3S. The normalized spacial score (nSPS) is 14.7. The van der Waals surface area contributed by atoms with Gasteiger partial charge in [0.1, 0.15) is 21.9 Å². The average Bonchev–Trinajstić information content (AvgIpc) is 3.67. The van der Waals surface area contributed by atoms with Gasteiger partial charge in [-0.3, -0.25) is 14.1 Å². The van der Waals surface area contributed by atoms with Crippen molar-refractivity contribution in [3.8, 4) is 11.3 Å². The Labute approximate surface area is 243 Å². The second-order valence-electron chi connectivity index (χ2n) is 11.6. The lowest BCUT2D eigenvalue weighted by Crippen LogP contribution is -2.41. The Balaban J connectivity index is 1.10. The highest BCUT2D eigenvalue weighted by Crippen LogP contribution is 2.29. The van der Waals surface area contributed by atoms with Gasteiger partial charge in [-0.15, -0.1) is 0 Å². The molecule has 1 aromatic carbocycles. The van der Waals surface area contributed by atoms with Crippen LogP contribution in [-0.2, 0) is 27.8 Å². The summed E-state index contributed by atoms with van der Waals surface area (Å²) >= 11 is 1.56. The SMILES string of the molecule is CN(CCN1CCOCC1)c1ncc2c(n1)sc1nc(-c3ccc(CC(=O)Cc4cc(C(C)(C)C)on4)cc3)cn12. The molecule has 5 aromatic rings. The van der Waals surface area contributed by atoms with E-state index in [1.54, 1.807) is 11.3 Å². The van der Waals surface area contributed by atoms with E-state index in [0.717, 1.165) is 83.2 Å². The number of ether oxygens (including phenoxy) is 1. The predicted octanol–water partition coefficient (Wildman–Crippen LogP) is 4.41. The third-order valence-corrected chi connectivity index (χ3v) is 8.33. The van der Waals surface area contributed by atoms with Gasteiger partial charge < -0.3 is 14.2 Å². The van der Waals surface area contributed by atoms with Crippen LogP contribution in [0.4, 0.5) is 5.95 Å². The number of hydrogen-bond acceptors (Lipinski definition) is 10. The molecule has 0 bridgehead atoms. The van der Waals surface area contributed by atoms with Crippen LogP contribution < -0.4 is 4.90 Å². The Morgan fingerprint density at radius 3 is 2.61 bits per heavy atom. The van der Waals surface area contributed by atoms with Crippen LogP contribution in [-0.4, -0.2) is 81.6 Å². The van der Waals surface area contributed by atoms with Crippen LogP contribution in [0.1, 0.15) is 37.8 Å². The van der Waals surface area contributed by atoms with Gasteiger partial charge in [-0.2, -0.15) is 0 Å². The zero-order valence-corrected chi connectivity index (χ0v) is 24.8. The molecular weight excluding hydrogens is 538 g/mol. The van der Waals surface area contributed by atoms with Crippen LogP contribution in [0.15, 0.2) is 47.2 Å². The van der Waals surface area contributed by atoms with E-state index >= 15 is 0 Å². The second-order valence-corrected chi connectivity index (χ2v) is 12.6. The van der Waals surface area contributed by atoms with Crippen LogP contribution in [0.2, 0.25) is 0 Å². The number of thiazole rings is 1. The Bertz CT molecular complexity index is 1660. The van der Waals surface area contributed by atoms with E-state index in [1.807, 2.05) is 54.2 Å². The molecule has 0 N–H and O–H groups in total. The molecule has 1 fully saturated rings. The summed E-state index contributed by atoms with van der Waals surface area (Å²) in [7, 11) is 2.03. The number of anilines is 1. The van der Waals surface area contributed by atoms with Crippen molar-refractivity contribution in [2.75, 3.05) is 51.3 Å². The molecule has 0 aliphatic carbocycles. The molecule has 11 heteroatoms. The highest BCUT2D eigenvalue weighted by molar-refractivity contribution is 7.23. The molecule has 6 rings (SSSR count). The van der Waals surface area contributed by atoms with Crippen LogP contribution in [0.25, 0.3) is 26.6 Å². The number of carbonyl (C=O) groups excluding carboxylic acids is 1. The van der Waals surface area contributed by atoms with Crippen molar-refractivity contribution in [1.82, 2.24) is 29.4 Å². The third-order valence-electron chi connectivity index (χ3n) is 7.37. The van der Waals surface area contributed by atoms with Crippen molar-refractivity contribution in [3.63, 3.8) is 0 Å². The van der Waals surface area contributed by atoms with Gasteiger partial charge in [-0.05, 0) is 5.56 Å². The number of fused-ring (bicyclic) bond motifs is 3. The lowest BCUT2D eigenvalue weighted by Gasteiger charge is -2.28. The minimum Gasteiger partial charge on any atom is -0.379 e. The van der Waals surface area contributed by atoms with Crippen molar-refractivity contribution >= 4 is 38.4 Å². The monoisotopic (exact) mass is 573 g/mol. The van der Waals surface area contributed by atoms with Crippen molar-refractivity contribution < 1.29 is 14.1 Å². The van der Waals surface area contributed by atoms with E-state index in [4.69, 9.17) is 19.2 Å². The number of ketones is 1. The summed E-state index contributed by atoms with van der Waals surface area (Å²) in [5.74, 6) is 1.61. The second kappa shape index (κ2) is 11.3. The maximum atomic E-state index is 12.7. The first-order valence-corrected chi connectivity index (χ1v) is 14.8. The number of imidazole rings is 1. The summed E-state index contributed by atoms with van der Waals surface area (Å²) in [5.41, 5.74) is 4.32. The fourth-order valence-electron chi connectivity index (χ4n) is 4.86. The number of aromatic nitrogens is 5. The van der Waals surface area contributed by atoms with Gasteiger partial charge in [0, 0.05) is 62.9 Å². The number of rotatable bonds is 9. The zero-order valence-electron chi connectivity index (χ0n) is 24.0. The van der Waals surface area contributed by atoms with E-state index in [9.17, 15) is 4.79 Å². The van der Waals surface area contributed by atoms with Gasteiger partial charge in [-0.1, -0.05) is 61.5 Å². The van der Waals surface area contributed by atoms with E-state index in [1.165, 1.54) is 0 Å². The van der Waals surface area contributed by atoms with Gasteiger partial charge >= 0.3 is 0 Å². The molecule has 214 valence electrons. The first-order chi connectivity index (χ1) is 19.7. The molecule has 1 saturated heterocycles. The van der Waals surface area contributed by atoms with Crippen molar-refractivity contribution in [2.24, 2.45) is 0 Å². The van der Waals surface area contributed by atoms with Crippen LogP contribution in [0.3, 0.4) is 0 Å². The molecule has 5 heterocycles. The summed E-state index contributed by atoms with van der Waals surface area (Å²) < 4.78 is 12.9. The highest BCUT2D eigenvalue weighted by atomic mass is 32.1. The summed E-state index contributed by atoms with van der Waals surface area (Å²) in [5, 5.41) is 4.07. The summed E-state index contributed by atoms with van der Waals surface area (Å²) in [6.07, 6.45) is 4.52. The minimum atomic E-state index is -0.131. The molecule has 0 radical (unpaired) electrons. The summed E-state index contributed by atoms with van der Waals surface area (Å²) in [6.45, 7) is 11.6. The van der Waals surface area contributed by atoms with Crippen molar-refractivity contribution in [2.45, 2.75) is 39.0 Å². The number of carbonyl (C=O) groups is 1. The maximum Gasteiger partial charge on any atom is 0.226 e. The van der Waals surface area contributed by atoms with Gasteiger partial charge in [-0.25, -0.2) is 15.0 Å². The molecule has 0 saturated carbocycles. The Hall–Kier alpha value is -3.67. The molecule has 0 unspecified atom stereocenters. The number of likely N-dealkylation sites (N-methyl/N-ethyl adjacent to an activating group) is 1. The standard InChI is InChI=1S/C30H35N7O3S/c1-30(2,3)26-17-22(34-40-26)16-23(38)15-20-5-7-21(8-6-20)24-19-37-25-18-31-28(33-27(25)41-29(37)32-24)35(4)9-10-36-11-13-39-14-12-36/h5-8,17-19H,9-16H2,1-4H3. The first kappa shape index (κ1) is 27.5. The van der Waals surface area contributed by atoms with Gasteiger partial charge in [0.05, 0.1) is 37.2 Å². The summed E-state index contributed by atoms with van der Waals surface area (Å²) in [6, 6.07) is 9.90. The lowest BCUT2D eigenvalue weighted by molar-refractivity contribution is -0.117.